The number of hydrogen-bond acceptors (Lipinski definition) is 4. The van der Waals surface area contributed by atoms with E-state index in [1.165, 1.54) is 0 Å². The Morgan fingerprint density at radius 2 is 2.10 bits per heavy atom. The summed E-state index contributed by atoms with van der Waals surface area (Å²) in [6.07, 6.45) is 0. The average Bonchev–Trinajstić information content (AvgIpc) is 2.49. The normalized spacial score (nSPS) is 10.2. The third-order valence-electron chi connectivity index (χ3n) is 3.06. The van der Waals surface area contributed by atoms with Crippen LogP contribution in [0.1, 0.15) is 5.69 Å². The van der Waals surface area contributed by atoms with Crippen LogP contribution in [0.2, 0.25) is 5.02 Å². The lowest BCUT2D eigenvalue weighted by Gasteiger charge is -2.20. The second kappa shape index (κ2) is 6.48. The van der Waals surface area contributed by atoms with E-state index in [0.29, 0.717) is 11.6 Å². The summed E-state index contributed by atoms with van der Waals surface area (Å²) in [5.41, 5.74) is 1.89. The Balaban J connectivity index is 2.20. The molecule has 4 nitrogen and oxygen atoms in total. The number of anilines is 2. The van der Waals surface area contributed by atoms with Crippen molar-refractivity contribution in [1.29, 1.82) is 0 Å². The maximum Gasteiger partial charge on any atom is 0.126 e. The lowest BCUT2D eigenvalue weighted by Crippen LogP contribution is -2.17. The van der Waals surface area contributed by atoms with Crippen LogP contribution in [0.5, 0.6) is 5.75 Å². The molecule has 1 aromatic heterocycles. The van der Waals surface area contributed by atoms with Crippen molar-refractivity contribution in [3.63, 3.8) is 0 Å². The number of pyridine rings is 1. The molecule has 106 valence electrons. The predicted octanol–water partition coefficient (Wildman–Crippen LogP) is 3.42. The number of rotatable bonds is 5. The predicted molar refractivity (Wildman–Crippen MR) is 83.9 cm³/mol. The summed E-state index contributed by atoms with van der Waals surface area (Å²) in [5, 5.41) is 3.68. The van der Waals surface area contributed by atoms with Gasteiger partial charge in [0.25, 0.3) is 0 Å². The summed E-state index contributed by atoms with van der Waals surface area (Å²) >= 11 is 6.20. The fourth-order valence-electron chi connectivity index (χ4n) is 1.90. The number of benzene rings is 1. The molecular weight excluding hydrogens is 274 g/mol. The van der Waals surface area contributed by atoms with E-state index in [0.717, 1.165) is 22.9 Å². The lowest BCUT2D eigenvalue weighted by molar-refractivity contribution is 0.415. The molecule has 1 aromatic carbocycles. The topological polar surface area (TPSA) is 37.4 Å². The number of nitrogens with zero attached hydrogens (tertiary/aromatic N) is 2. The van der Waals surface area contributed by atoms with Crippen molar-refractivity contribution in [3.8, 4) is 5.75 Å². The van der Waals surface area contributed by atoms with Crippen molar-refractivity contribution in [3.05, 3.63) is 47.1 Å². The summed E-state index contributed by atoms with van der Waals surface area (Å²) in [5.74, 6) is 1.64. The molecule has 0 fully saturated rings. The summed E-state index contributed by atoms with van der Waals surface area (Å²) < 4.78 is 5.24. The Morgan fingerprint density at radius 3 is 2.80 bits per heavy atom. The van der Waals surface area contributed by atoms with E-state index < -0.39 is 0 Å². The van der Waals surface area contributed by atoms with Crippen molar-refractivity contribution >= 4 is 23.1 Å². The van der Waals surface area contributed by atoms with Crippen molar-refractivity contribution in [1.82, 2.24) is 4.98 Å². The molecule has 0 spiro atoms. The van der Waals surface area contributed by atoms with E-state index in [4.69, 9.17) is 16.3 Å². The molecule has 0 aliphatic heterocycles. The zero-order valence-corrected chi connectivity index (χ0v) is 12.6. The highest BCUT2D eigenvalue weighted by Gasteiger charge is 2.08. The zero-order valence-electron chi connectivity index (χ0n) is 11.9. The number of halogens is 1. The van der Waals surface area contributed by atoms with Gasteiger partial charge < -0.3 is 15.0 Å². The first-order chi connectivity index (χ1) is 9.63. The van der Waals surface area contributed by atoms with Gasteiger partial charge in [0, 0.05) is 25.8 Å². The molecule has 0 atom stereocenters. The smallest absolute Gasteiger partial charge is 0.126 e. The number of nitrogens with one attached hydrogen (secondary N) is 1. The largest absolute Gasteiger partial charge is 0.497 e. The molecule has 20 heavy (non-hydrogen) atoms. The van der Waals surface area contributed by atoms with Crippen LogP contribution in [0.15, 0.2) is 36.4 Å². The van der Waals surface area contributed by atoms with E-state index in [-0.39, 0.29) is 0 Å². The van der Waals surface area contributed by atoms with E-state index in [1.807, 2.05) is 50.5 Å². The fourth-order valence-corrected chi connectivity index (χ4v) is 2.06. The van der Waals surface area contributed by atoms with E-state index in [2.05, 4.69) is 15.2 Å². The number of methoxy groups -OCH3 is 1. The second-order valence-electron chi connectivity index (χ2n) is 4.43. The first kappa shape index (κ1) is 14.5. The van der Waals surface area contributed by atoms with Gasteiger partial charge >= 0.3 is 0 Å². The molecule has 0 unspecified atom stereocenters. The molecule has 0 aliphatic carbocycles. The molecule has 0 bridgehead atoms. The summed E-state index contributed by atoms with van der Waals surface area (Å²) in [6.45, 7) is 0.627. The molecule has 0 radical (unpaired) electrons. The monoisotopic (exact) mass is 291 g/mol. The Morgan fingerprint density at radius 1 is 1.30 bits per heavy atom. The first-order valence-corrected chi connectivity index (χ1v) is 6.70. The van der Waals surface area contributed by atoms with Crippen molar-refractivity contribution in [2.75, 3.05) is 31.4 Å². The Kier molecular flexibility index (Phi) is 4.69. The molecule has 2 rings (SSSR count). The Bertz CT molecular complexity index is 589. The highest BCUT2D eigenvalue weighted by Crippen LogP contribution is 2.23. The van der Waals surface area contributed by atoms with Gasteiger partial charge in [0.2, 0.25) is 0 Å². The van der Waals surface area contributed by atoms with Crippen LogP contribution in [0.4, 0.5) is 11.5 Å². The van der Waals surface area contributed by atoms with Gasteiger partial charge in [-0.2, -0.15) is 0 Å². The minimum Gasteiger partial charge on any atom is -0.497 e. The van der Waals surface area contributed by atoms with Gasteiger partial charge in [-0.05, 0) is 24.3 Å². The molecule has 1 N–H and O–H groups in total. The van der Waals surface area contributed by atoms with Crippen molar-refractivity contribution in [2.24, 2.45) is 0 Å². The van der Waals surface area contributed by atoms with Gasteiger partial charge in [0.15, 0.2) is 0 Å². The van der Waals surface area contributed by atoms with Gasteiger partial charge in [-0.15, -0.1) is 0 Å². The maximum absolute atomic E-state index is 6.20. The molecule has 0 saturated carbocycles. The molecule has 0 aliphatic rings. The maximum atomic E-state index is 6.20. The number of aromatic nitrogens is 1. The van der Waals surface area contributed by atoms with Gasteiger partial charge in [-0.3, -0.25) is 0 Å². The standard InChI is InChI=1S/C15H18ClN3O/c1-17-15-8-7-13(16)14(18-15)10-19(2)11-5-4-6-12(9-11)20-3/h4-9H,10H2,1-3H3,(H,17,18). The quantitative estimate of drug-likeness (QED) is 0.916. The van der Waals surface area contributed by atoms with Crippen LogP contribution in [0, 0.1) is 0 Å². The summed E-state index contributed by atoms with van der Waals surface area (Å²) in [6, 6.07) is 11.6. The van der Waals surface area contributed by atoms with Crippen molar-refractivity contribution in [2.45, 2.75) is 6.54 Å². The van der Waals surface area contributed by atoms with Crippen LogP contribution in [-0.4, -0.2) is 26.2 Å². The fraction of sp³-hybridized carbons (Fsp3) is 0.267. The van der Waals surface area contributed by atoms with E-state index in [9.17, 15) is 0 Å². The third kappa shape index (κ3) is 3.33. The average molecular weight is 292 g/mol. The second-order valence-corrected chi connectivity index (χ2v) is 4.84. The highest BCUT2D eigenvalue weighted by molar-refractivity contribution is 6.31. The Hall–Kier alpha value is -1.94. The number of ether oxygens (including phenoxy) is 1. The summed E-state index contributed by atoms with van der Waals surface area (Å²) in [7, 11) is 5.50. The Labute approximate surface area is 124 Å². The molecular formula is C15H18ClN3O. The SMILES string of the molecule is CNc1ccc(Cl)c(CN(C)c2cccc(OC)c2)n1. The summed E-state index contributed by atoms with van der Waals surface area (Å²) in [4.78, 5) is 6.56. The van der Waals surface area contributed by atoms with Crippen LogP contribution >= 0.6 is 11.6 Å². The molecule has 5 heteroatoms. The van der Waals surface area contributed by atoms with Crippen LogP contribution in [-0.2, 0) is 6.54 Å². The van der Waals surface area contributed by atoms with Gasteiger partial charge in [0.05, 0.1) is 24.4 Å². The van der Waals surface area contributed by atoms with Gasteiger partial charge in [-0.1, -0.05) is 17.7 Å². The lowest BCUT2D eigenvalue weighted by atomic mass is 10.2. The number of hydrogen-bond donors (Lipinski definition) is 1. The van der Waals surface area contributed by atoms with Gasteiger partial charge in [0.1, 0.15) is 11.6 Å². The molecule has 1 heterocycles. The minimum absolute atomic E-state index is 0.627. The van der Waals surface area contributed by atoms with Gasteiger partial charge in [-0.25, -0.2) is 4.98 Å². The zero-order chi connectivity index (χ0) is 14.5. The van der Waals surface area contributed by atoms with Crippen LogP contribution in [0.25, 0.3) is 0 Å². The highest BCUT2D eigenvalue weighted by atomic mass is 35.5. The van der Waals surface area contributed by atoms with E-state index >= 15 is 0 Å². The minimum atomic E-state index is 0.627. The first-order valence-electron chi connectivity index (χ1n) is 6.32. The van der Waals surface area contributed by atoms with Crippen LogP contribution in [0.3, 0.4) is 0 Å². The third-order valence-corrected chi connectivity index (χ3v) is 3.40. The molecule has 0 amide bonds. The van der Waals surface area contributed by atoms with Crippen LogP contribution < -0.4 is 15.0 Å². The molecule has 2 aromatic rings. The van der Waals surface area contributed by atoms with Crippen molar-refractivity contribution < 1.29 is 4.74 Å². The van der Waals surface area contributed by atoms with E-state index in [1.54, 1.807) is 7.11 Å². The molecule has 0 saturated heterocycles.